The Balaban J connectivity index is 1.49. The van der Waals surface area contributed by atoms with Crippen LogP contribution in [-0.4, -0.2) is 79.8 Å². The Morgan fingerprint density at radius 2 is 1.87 bits per heavy atom. The molecule has 0 aliphatic carbocycles. The van der Waals surface area contributed by atoms with Gasteiger partial charge in [0.15, 0.2) is 9.84 Å². The maximum atomic E-state index is 12.6. The van der Waals surface area contributed by atoms with Crippen LogP contribution in [0.4, 0.5) is 5.95 Å². The Kier molecular flexibility index (Phi) is 6.47. The lowest BCUT2D eigenvalue weighted by atomic mass is 9.93. The number of amides is 1. The number of aromatic nitrogens is 3. The van der Waals surface area contributed by atoms with Gasteiger partial charge in [0, 0.05) is 50.2 Å². The SMILES string of the molecule is CS(=O)(=O)c1cnc(N2CCOCC2)nc1C1CCN(C(=O)Cc2ccccn2)CC1. The fourth-order valence-corrected chi connectivity index (χ4v) is 4.88. The van der Waals surface area contributed by atoms with Gasteiger partial charge in [0.1, 0.15) is 4.90 Å². The smallest absolute Gasteiger partial charge is 0.228 e. The number of morpholine rings is 1. The number of hydrogen-bond donors (Lipinski definition) is 0. The molecule has 2 fully saturated rings. The van der Waals surface area contributed by atoms with Crippen molar-refractivity contribution >= 4 is 21.7 Å². The molecule has 0 bridgehead atoms. The summed E-state index contributed by atoms with van der Waals surface area (Å²) in [7, 11) is -3.46. The molecule has 31 heavy (non-hydrogen) atoms. The molecule has 0 atom stereocenters. The van der Waals surface area contributed by atoms with E-state index in [0.717, 1.165) is 5.69 Å². The summed E-state index contributed by atoms with van der Waals surface area (Å²) in [6, 6.07) is 5.54. The Morgan fingerprint density at radius 1 is 1.13 bits per heavy atom. The van der Waals surface area contributed by atoms with Crippen LogP contribution in [0.3, 0.4) is 0 Å². The summed E-state index contributed by atoms with van der Waals surface area (Å²) >= 11 is 0. The maximum Gasteiger partial charge on any atom is 0.228 e. The predicted octanol–water partition coefficient (Wildman–Crippen LogP) is 1.06. The Hall–Kier alpha value is -2.59. The van der Waals surface area contributed by atoms with Gasteiger partial charge < -0.3 is 14.5 Å². The molecular formula is C21H27N5O4S. The number of likely N-dealkylation sites (tertiary alicyclic amines) is 1. The predicted molar refractivity (Wildman–Crippen MR) is 115 cm³/mol. The van der Waals surface area contributed by atoms with Crippen LogP contribution < -0.4 is 4.90 Å². The fourth-order valence-electron chi connectivity index (χ4n) is 4.04. The largest absolute Gasteiger partial charge is 0.378 e. The molecular weight excluding hydrogens is 418 g/mol. The van der Waals surface area contributed by atoms with Crippen LogP contribution >= 0.6 is 0 Å². The Morgan fingerprint density at radius 3 is 2.52 bits per heavy atom. The number of carbonyl (C=O) groups is 1. The van der Waals surface area contributed by atoms with Gasteiger partial charge in [-0.2, -0.15) is 0 Å². The van der Waals surface area contributed by atoms with Gasteiger partial charge in [-0.15, -0.1) is 0 Å². The summed E-state index contributed by atoms with van der Waals surface area (Å²) in [5.74, 6) is 0.544. The van der Waals surface area contributed by atoms with Crippen LogP contribution in [-0.2, 0) is 25.8 Å². The van der Waals surface area contributed by atoms with Crippen LogP contribution in [0.2, 0.25) is 0 Å². The zero-order valence-corrected chi connectivity index (χ0v) is 18.4. The topological polar surface area (TPSA) is 106 Å². The summed E-state index contributed by atoms with van der Waals surface area (Å²) in [4.78, 5) is 29.9. The second kappa shape index (κ2) is 9.27. The highest BCUT2D eigenvalue weighted by Gasteiger charge is 2.30. The number of carbonyl (C=O) groups excluding carboxylic acids is 1. The average Bonchev–Trinajstić information content (AvgIpc) is 2.79. The first kappa shape index (κ1) is 21.6. The number of pyridine rings is 1. The van der Waals surface area contributed by atoms with E-state index < -0.39 is 9.84 Å². The molecule has 10 heteroatoms. The van der Waals surface area contributed by atoms with Gasteiger partial charge in [0.2, 0.25) is 11.9 Å². The summed E-state index contributed by atoms with van der Waals surface area (Å²) in [5, 5.41) is 0. The Bertz CT molecular complexity index is 1020. The first-order valence-corrected chi connectivity index (χ1v) is 12.4. The van der Waals surface area contributed by atoms with Crippen molar-refractivity contribution < 1.29 is 17.9 Å². The highest BCUT2D eigenvalue weighted by molar-refractivity contribution is 7.90. The van der Waals surface area contributed by atoms with E-state index in [1.54, 1.807) is 6.20 Å². The van der Waals surface area contributed by atoms with Crippen molar-refractivity contribution in [3.63, 3.8) is 0 Å². The maximum absolute atomic E-state index is 12.6. The quantitative estimate of drug-likeness (QED) is 0.673. The van der Waals surface area contributed by atoms with Crippen molar-refractivity contribution in [2.24, 2.45) is 0 Å². The van der Waals surface area contributed by atoms with Crippen molar-refractivity contribution in [2.45, 2.75) is 30.1 Å². The minimum Gasteiger partial charge on any atom is -0.378 e. The number of nitrogens with zero attached hydrogens (tertiary/aromatic N) is 5. The lowest BCUT2D eigenvalue weighted by Crippen LogP contribution is -2.40. The number of ether oxygens (including phenoxy) is 1. The van der Waals surface area contributed by atoms with Crippen molar-refractivity contribution in [1.82, 2.24) is 19.9 Å². The molecule has 2 aromatic rings. The van der Waals surface area contributed by atoms with E-state index in [-0.39, 0.29) is 23.1 Å². The van der Waals surface area contributed by atoms with Crippen LogP contribution in [0, 0.1) is 0 Å². The molecule has 0 aromatic carbocycles. The van der Waals surface area contributed by atoms with E-state index in [2.05, 4.69) is 9.97 Å². The summed E-state index contributed by atoms with van der Waals surface area (Å²) in [6.45, 7) is 3.69. The molecule has 0 unspecified atom stereocenters. The summed E-state index contributed by atoms with van der Waals surface area (Å²) in [6.07, 6.45) is 5.90. The van der Waals surface area contributed by atoms with Gasteiger partial charge in [-0.1, -0.05) is 6.07 Å². The first-order chi connectivity index (χ1) is 14.9. The Labute approximate surface area is 182 Å². The number of rotatable bonds is 5. The van der Waals surface area contributed by atoms with E-state index in [1.807, 2.05) is 28.0 Å². The third-order valence-electron chi connectivity index (χ3n) is 5.76. The molecule has 4 heterocycles. The monoisotopic (exact) mass is 445 g/mol. The summed E-state index contributed by atoms with van der Waals surface area (Å²) in [5.41, 5.74) is 1.32. The third-order valence-corrected chi connectivity index (χ3v) is 6.87. The van der Waals surface area contributed by atoms with E-state index >= 15 is 0 Å². The van der Waals surface area contributed by atoms with Gasteiger partial charge >= 0.3 is 0 Å². The minimum atomic E-state index is -3.46. The third kappa shape index (κ3) is 5.19. The molecule has 0 radical (unpaired) electrons. The van der Waals surface area contributed by atoms with Crippen LogP contribution in [0.25, 0.3) is 0 Å². The molecule has 0 saturated carbocycles. The lowest BCUT2D eigenvalue weighted by molar-refractivity contribution is -0.131. The second-order valence-electron chi connectivity index (χ2n) is 7.94. The van der Waals surface area contributed by atoms with Gasteiger partial charge in [-0.3, -0.25) is 9.78 Å². The van der Waals surface area contributed by atoms with E-state index in [4.69, 9.17) is 9.72 Å². The summed E-state index contributed by atoms with van der Waals surface area (Å²) < 4.78 is 30.1. The minimum absolute atomic E-state index is 0.0357. The van der Waals surface area contributed by atoms with Crippen molar-refractivity contribution in [1.29, 1.82) is 0 Å². The molecule has 4 rings (SSSR count). The standard InChI is InChI=1S/C21H27N5O4S/c1-31(28,29)18-15-23-21(26-10-12-30-13-11-26)24-20(18)16-5-8-25(9-6-16)19(27)14-17-4-2-3-7-22-17/h2-4,7,15-16H,5-6,8-14H2,1H3. The molecule has 1 amide bonds. The van der Waals surface area contributed by atoms with Crippen molar-refractivity contribution in [3.8, 4) is 0 Å². The van der Waals surface area contributed by atoms with Crippen LogP contribution in [0.1, 0.15) is 30.1 Å². The van der Waals surface area contributed by atoms with E-state index in [0.29, 0.717) is 63.9 Å². The number of anilines is 1. The van der Waals surface area contributed by atoms with E-state index in [1.165, 1.54) is 12.5 Å². The molecule has 2 aromatic heterocycles. The molecule has 2 saturated heterocycles. The number of piperidine rings is 1. The van der Waals surface area contributed by atoms with Crippen LogP contribution in [0.15, 0.2) is 35.5 Å². The fraction of sp³-hybridized carbons (Fsp3) is 0.524. The van der Waals surface area contributed by atoms with Crippen molar-refractivity contribution in [2.75, 3.05) is 50.5 Å². The van der Waals surface area contributed by atoms with E-state index in [9.17, 15) is 13.2 Å². The van der Waals surface area contributed by atoms with Gasteiger partial charge in [0.25, 0.3) is 0 Å². The van der Waals surface area contributed by atoms with Crippen LogP contribution in [0.5, 0.6) is 0 Å². The second-order valence-corrected chi connectivity index (χ2v) is 9.93. The first-order valence-electron chi connectivity index (χ1n) is 10.5. The molecule has 9 nitrogen and oxygen atoms in total. The zero-order chi connectivity index (χ0) is 21.8. The van der Waals surface area contributed by atoms with Gasteiger partial charge in [-0.05, 0) is 25.0 Å². The van der Waals surface area contributed by atoms with Gasteiger partial charge in [-0.25, -0.2) is 18.4 Å². The molecule has 166 valence electrons. The average molecular weight is 446 g/mol. The molecule has 2 aliphatic rings. The molecule has 2 aliphatic heterocycles. The highest BCUT2D eigenvalue weighted by Crippen LogP contribution is 2.32. The van der Waals surface area contributed by atoms with Crippen molar-refractivity contribution in [3.05, 3.63) is 42.0 Å². The number of sulfone groups is 1. The lowest BCUT2D eigenvalue weighted by Gasteiger charge is -2.33. The zero-order valence-electron chi connectivity index (χ0n) is 17.6. The molecule has 0 N–H and O–H groups in total. The normalized spacial score (nSPS) is 18.2. The van der Waals surface area contributed by atoms with Gasteiger partial charge in [0.05, 0.1) is 31.5 Å². The number of hydrogen-bond acceptors (Lipinski definition) is 8. The highest BCUT2D eigenvalue weighted by atomic mass is 32.2. The molecule has 0 spiro atoms.